The highest BCUT2D eigenvalue weighted by Gasteiger charge is 2.16. The second-order valence-electron chi connectivity index (χ2n) is 5.69. The molecule has 0 spiro atoms. The van der Waals surface area contributed by atoms with Crippen LogP contribution in [0.3, 0.4) is 0 Å². The average Bonchev–Trinajstić information content (AvgIpc) is 3.18. The van der Waals surface area contributed by atoms with Crippen LogP contribution in [0.1, 0.15) is 17.4 Å². The molecule has 3 aromatic rings. The van der Waals surface area contributed by atoms with Crippen molar-refractivity contribution in [3.05, 3.63) is 62.9 Å². The lowest BCUT2D eigenvalue weighted by Crippen LogP contribution is -1.95. The van der Waals surface area contributed by atoms with E-state index in [4.69, 9.17) is 17.0 Å². The number of aromatic nitrogens is 1. The lowest BCUT2D eigenvalue weighted by atomic mass is 10.1. The van der Waals surface area contributed by atoms with Gasteiger partial charge in [0.2, 0.25) is 5.88 Å². The van der Waals surface area contributed by atoms with Gasteiger partial charge in [0.25, 0.3) is 0 Å². The Bertz CT molecular complexity index is 1080. The van der Waals surface area contributed by atoms with E-state index in [0.29, 0.717) is 15.4 Å². The molecule has 0 unspecified atom stereocenters. The van der Waals surface area contributed by atoms with Crippen LogP contribution < -0.4 is 4.74 Å². The first kappa shape index (κ1) is 16.8. The molecule has 0 fully saturated rings. The minimum Gasteiger partial charge on any atom is -0.494 e. The summed E-state index contributed by atoms with van der Waals surface area (Å²) in [5.74, 6) is 0.924. The van der Waals surface area contributed by atoms with E-state index in [9.17, 15) is 5.11 Å². The highest BCUT2D eigenvalue weighted by Crippen LogP contribution is 2.37. The maximum Gasteiger partial charge on any atom is 0.215 e. The normalized spacial score (nSPS) is 14.0. The molecular weight excluding hydrogens is 364 g/mol. The van der Waals surface area contributed by atoms with Gasteiger partial charge < -0.3 is 9.84 Å². The van der Waals surface area contributed by atoms with E-state index in [-0.39, 0.29) is 5.88 Å². The summed E-state index contributed by atoms with van der Waals surface area (Å²) in [7, 11) is 0. The Kier molecular flexibility index (Phi) is 4.44. The summed E-state index contributed by atoms with van der Waals surface area (Å²) in [6.07, 6.45) is 3.74. The van der Waals surface area contributed by atoms with Crippen LogP contribution in [0, 0.1) is 3.95 Å². The van der Waals surface area contributed by atoms with E-state index in [1.807, 2.05) is 67.7 Å². The van der Waals surface area contributed by atoms with Crippen LogP contribution in [0.4, 0.5) is 5.69 Å². The number of nitrogens with zero attached hydrogens (tertiary/aromatic N) is 2. The van der Waals surface area contributed by atoms with Crippen LogP contribution in [-0.2, 0) is 0 Å². The number of ether oxygens (including phenoxy) is 1. The monoisotopic (exact) mass is 380 g/mol. The van der Waals surface area contributed by atoms with Crippen LogP contribution in [0.2, 0.25) is 0 Å². The molecule has 130 valence electrons. The molecule has 0 saturated heterocycles. The van der Waals surface area contributed by atoms with Gasteiger partial charge in [-0.05, 0) is 55.5 Å². The number of hydrogen-bond acceptors (Lipinski definition) is 5. The quantitative estimate of drug-likeness (QED) is 0.597. The summed E-state index contributed by atoms with van der Waals surface area (Å²) < 4.78 is 7.72. The molecule has 0 radical (unpaired) electrons. The summed E-state index contributed by atoms with van der Waals surface area (Å²) in [6.45, 7) is 2.56. The van der Waals surface area contributed by atoms with Gasteiger partial charge in [0.15, 0.2) is 3.95 Å². The Labute approximate surface area is 160 Å². The fourth-order valence-corrected chi connectivity index (χ4v) is 4.16. The highest BCUT2D eigenvalue weighted by molar-refractivity contribution is 7.73. The molecule has 0 bridgehead atoms. The van der Waals surface area contributed by atoms with Gasteiger partial charge in [-0.2, -0.15) is 0 Å². The van der Waals surface area contributed by atoms with Gasteiger partial charge in [0, 0.05) is 17.4 Å². The Morgan fingerprint density at radius 2 is 1.96 bits per heavy atom. The Balaban J connectivity index is 1.73. The number of fused-ring (bicyclic) bond motifs is 1. The smallest absolute Gasteiger partial charge is 0.215 e. The Morgan fingerprint density at radius 1 is 1.19 bits per heavy atom. The molecule has 4 nitrogen and oxygen atoms in total. The average molecular weight is 380 g/mol. The van der Waals surface area contributed by atoms with Crippen LogP contribution in [0.5, 0.6) is 11.6 Å². The third kappa shape index (κ3) is 2.98. The van der Waals surface area contributed by atoms with E-state index in [1.54, 1.807) is 4.57 Å². The van der Waals surface area contributed by atoms with Crippen molar-refractivity contribution >= 4 is 47.1 Å². The van der Waals surface area contributed by atoms with Gasteiger partial charge in [0.05, 0.1) is 22.9 Å². The van der Waals surface area contributed by atoms with Gasteiger partial charge in [-0.25, -0.2) is 0 Å². The molecule has 2 heterocycles. The molecule has 1 N–H and O–H groups in total. The second kappa shape index (κ2) is 6.90. The van der Waals surface area contributed by atoms with Crippen molar-refractivity contribution in [3.63, 3.8) is 0 Å². The molecule has 26 heavy (non-hydrogen) atoms. The van der Waals surface area contributed by atoms with E-state index < -0.39 is 0 Å². The van der Waals surface area contributed by atoms with Gasteiger partial charge >= 0.3 is 0 Å². The molecule has 4 rings (SSSR count). The van der Waals surface area contributed by atoms with Crippen molar-refractivity contribution in [1.82, 2.24) is 4.57 Å². The number of aromatic hydroxyl groups is 1. The molecule has 0 aliphatic carbocycles. The van der Waals surface area contributed by atoms with Gasteiger partial charge in [-0.3, -0.25) is 9.56 Å². The number of allylic oxidation sites excluding steroid dienone is 1. The van der Waals surface area contributed by atoms with Crippen molar-refractivity contribution in [1.29, 1.82) is 0 Å². The first-order valence-electron chi connectivity index (χ1n) is 8.20. The second-order valence-corrected chi connectivity index (χ2v) is 7.37. The molecule has 1 aliphatic rings. The first-order chi connectivity index (χ1) is 12.7. The fourth-order valence-electron chi connectivity index (χ4n) is 2.86. The summed E-state index contributed by atoms with van der Waals surface area (Å²) in [4.78, 5) is 5.11. The maximum atomic E-state index is 10.7. The molecule has 1 aromatic heterocycles. The predicted molar refractivity (Wildman–Crippen MR) is 110 cm³/mol. The number of hydrogen-bond donors (Lipinski definition) is 1. The number of rotatable bonds is 4. The number of thiazole rings is 1. The third-order valence-corrected chi connectivity index (χ3v) is 5.37. The van der Waals surface area contributed by atoms with Gasteiger partial charge in [-0.1, -0.05) is 18.2 Å². The van der Waals surface area contributed by atoms with E-state index >= 15 is 0 Å². The summed E-state index contributed by atoms with van der Waals surface area (Å²) in [5.41, 5.74) is 3.76. The highest BCUT2D eigenvalue weighted by atomic mass is 32.1. The van der Waals surface area contributed by atoms with Crippen molar-refractivity contribution in [2.24, 2.45) is 4.99 Å². The number of aliphatic imine (C=N–C) groups is 1. The van der Waals surface area contributed by atoms with Crippen LogP contribution in [0.25, 0.3) is 17.3 Å². The van der Waals surface area contributed by atoms with Crippen molar-refractivity contribution < 1.29 is 9.84 Å². The maximum absolute atomic E-state index is 10.7. The van der Waals surface area contributed by atoms with Crippen LogP contribution >= 0.6 is 23.6 Å². The lowest BCUT2D eigenvalue weighted by Gasteiger charge is -2.07. The summed E-state index contributed by atoms with van der Waals surface area (Å²) >= 11 is 6.84. The molecule has 2 aromatic carbocycles. The first-order valence-corrected chi connectivity index (χ1v) is 9.43. The SMILES string of the molecule is CCOc1ccc(-n2c(O)c(/C=C3\C=Nc4ccccc43)sc2=S)cc1. The van der Waals surface area contributed by atoms with E-state index in [0.717, 1.165) is 28.3 Å². The zero-order chi connectivity index (χ0) is 18.1. The van der Waals surface area contributed by atoms with Gasteiger partial charge in [-0.15, -0.1) is 11.3 Å². The third-order valence-electron chi connectivity index (χ3n) is 4.06. The van der Waals surface area contributed by atoms with Crippen LogP contribution in [-0.4, -0.2) is 22.5 Å². The molecular formula is C20H16N2O2S2. The standard InChI is InChI=1S/C20H16N2O2S2/c1-2-24-15-9-7-14(8-10-15)22-19(23)18(26-20(22)25)11-13-12-21-17-6-4-3-5-16(13)17/h3-12,23H,2H2,1H3/b13-11+. The minimum absolute atomic E-state index is 0.134. The summed E-state index contributed by atoms with van der Waals surface area (Å²) in [5, 5.41) is 10.7. The van der Waals surface area contributed by atoms with Crippen molar-refractivity contribution in [2.75, 3.05) is 6.61 Å². The predicted octanol–water partition coefficient (Wildman–Crippen LogP) is 5.63. The largest absolute Gasteiger partial charge is 0.494 e. The number of benzene rings is 2. The zero-order valence-corrected chi connectivity index (χ0v) is 15.7. The number of para-hydroxylation sites is 1. The van der Waals surface area contributed by atoms with Crippen LogP contribution in [0.15, 0.2) is 53.5 Å². The van der Waals surface area contributed by atoms with E-state index in [2.05, 4.69) is 4.99 Å². The van der Waals surface area contributed by atoms with Gasteiger partial charge in [0.1, 0.15) is 5.75 Å². The van der Waals surface area contributed by atoms with E-state index in [1.165, 1.54) is 11.3 Å². The Morgan fingerprint density at radius 3 is 2.73 bits per heavy atom. The van der Waals surface area contributed by atoms with Crippen molar-refractivity contribution in [2.45, 2.75) is 6.92 Å². The molecule has 6 heteroatoms. The Hall–Kier alpha value is -2.70. The molecule has 0 amide bonds. The fraction of sp³-hybridized carbons (Fsp3) is 0.100. The van der Waals surface area contributed by atoms with Crippen molar-refractivity contribution in [3.8, 4) is 17.3 Å². The molecule has 0 atom stereocenters. The molecule has 0 saturated carbocycles. The molecule has 1 aliphatic heterocycles. The topological polar surface area (TPSA) is 46.8 Å². The summed E-state index contributed by atoms with van der Waals surface area (Å²) in [6, 6.07) is 15.4. The minimum atomic E-state index is 0.134. The lowest BCUT2D eigenvalue weighted by molar-refractivity contribution is 0.340. The zero-order valence-electron chi connectivity index (χ0n) is 14.0.